The molecular formula is C36H66O6Si2. The Morgan fingerprint density at radius 2 is 1.57 bits per heavy atom. The number of unbranched alkanes of at least 4 members (excludes halogenated alkanes) is 1. The third kappa shape index (κ3) is 10.4. The highest BCUT2D eigenvalue weighted by molar-refractivity contribution is 6.74. The first-order chi connectivity index (χ1) is 20.2. The summed E-state index contributed by atoms with van der Waals surface area (Å²) in [6.07, 6.45) is 17.7. The van der Waals surface area contributed by atoms with Gasteiger partial charge in [0.1, 0.15) is 6.10 Å². The van der Waals surface area contributed by atoms with Gasteiger partial charge in [0, 0.05) is 31.6 Å². The number of hydrogen-bond donors (Lipinski definition) is 1. The standard InChI is InChI=1S/C36H66O6Si2/c1-13-36(24-19-25-36)32(42-44(11,12)35(6,7)8)22-18-21-29-28(20-16-14-15-17-23-33(38)39)30(40-27(2)37)26-31(29)41-43(9,10)34(3,4)5/h14,16,18,21,28-32H,13,15,17,19-20,22-26H2,1-12H3,(H,38,39)/b16-14-,21-18+/t28-,29-,30+,31-,32?/m1/s1. The second kappa shape index (κ2) is 15.6. The zero-order valence-corrected chi connectivity index (χ0v) is 32.3. The average molecular weight is 651 g/mol. The molecule has 5 atom stereocenters. The zero-order chi connectivity index (χ0) is 33.6. The number of rotatable bonds is 16. The molecule has 44 heavy (non-hydrogen) atoms. The molecule has 2 aliphatic rings. The fourth-order valence-corrected chi connectivity index (χ4v) is 9.06. The lowest BCUT2D eigenvalue weighted by Crippen LogP contribution is -2.51. The zero-order valence-electron chi connectivity index (χ0n) is 30.3. The highest BCUT2D eigenvalue weighted by atomic mass is 28.4. The Bertz CT molecular complexity index is 994. The van der Waals surface area contributed by atoms with Crippen LogP contribution in [0, 0.1) is 17.3 Å². The first-order valence-electron chi connectivity index (χ1n) is 17.2. The number of ether oxygens (including phenoxy) is 1. The molecule has 0 bridgehead atoms. The lowest BCUT2D eigenvalue weighted by Gasteiger charge is -2.51. The van der Waals surface area contributed by atoms with Crippen molar-refractivity contribution < 1.29 is 28.3 Å². The van der Waals surface area contributed by atoms with Crippen molar-refractivity contribution in [2.75, 3.05) is 0 Å². The van der Waals surface area contributed by atoms with Crippen molar-refractivity contribution in [1.82, 2.24) is 0 Å². The van der Waals surface area contributed by atoms with Crippen LogP contribution in [0.3, 0.4) is 0 Å². The first kappa shape index (κ1) is 39.0. The minimum atomic E-state index is -2.08. The van der Waals surface area contributed by atoms with Crippen molar-refractivity contribution in [1.29, 1.82) is 0 Å². The van der Waals surface area contributed by atoms with Crippen LogP contribution < -0.4 is 0 Å². The molecule has 0 spiro atoms. The molecule has 0 saturated heterocycles. The van der Waals surface area contributed by atoms with Crippen molar-refractivity contribution in [2.45, 2.75) is 174 Å². The van der Waals surface area contributed by atoms with E-state index in [0.29, 0.717) is 12.8 Å². The third-order valence-electron chi connectivity index (χ3n) is 11.5. The SMILES string of the molecule is CCC1(C(C/C=C/[C@@H]2[C@@H](C/C=C\CCCC(=O)O)[C@@H](OC(C)=O)C[C@H]2O[Si](C)(C)C(C)(C)C)O[Si](C)(C)C(C)(C)C)CCC1. The quantitative estimate of drug-likeness (QED) is 0.0775. The molecule has 2 saturated carbocycles. The van der Waals surface area contributed by atoms with Gasteiger partial charge in [0.15, 0.2) is 16.6 Å². The molecule has 0 heterocycles. The number of hydrogen-bond acceptors (Lipinski definition) is 5. The Hall–Kier alpha value is -1.23. The minimum absolute atomic E-state index is 0.0227. The molecule has 1 N–H and O–H groups in total. The van der Waals surface area contributed by atoms with Crippen LogP contribution in [0.5, 0.6) is 0 Å². The van der Waals surface area contributed by atoms with E-state index < -0.39 is 22.6 Å². The van der Waals surface area contributed by atoms with Gasteiger partial charge < -0.3 is 18.7 Å². The summed E-state index contributed by atoms with van der Waals surface area (Å²) in [6, 6.07) is 0. The van der Waals surface area contributed by atoms with E-state index in [2.05, 4.69) is 99.0 Å². The Labute approximate surface area is 272 Å². The van der Waals surface area contributed by atoms with E-state index in [1.165, 1.54) is 26.2 Å². The van der Waals surface area contributed by atoms with Gasteiger partial charge in [-0.1, -0.05) is 79.2 Å². The van der Waals surface area contributed by atoms with Gasteiger partial charge in [-0.3, -0.25) is 9.59 Å². The predicted molar refractivity (Wildman–Crippen MR) is 187 cm³/mol. The molecule has 0 aromatic heterocycles. The van der Waals surface area contributed by atoms with E-state index in [1.54, 1.807) is 0 Å². The fourth-order valence-electron chi connectivity index (χ4n) is 6.28. The predicted octanol–water partition coefficient (Wildman–Crippen LogP) is 10.1. The maximum atomic E-state index is 12.2. The van der Waals surface area contributed by atoms with Crippen molar-refractivity contribution >= 4 is 28.6 Å². The molecule has 8 heteroatoms. The first-order valence-corrected chi connectivity index (χ1v) is 23.0. The van der Waals surface area contributed by atoms with Gasteiger partial charge in [0.25, 0.3) is 0 Å². The maximum absolute atomic E-state index is 12.2. The van der Waals surface area contributed by atoms with Gasteiger partial charge in [-0.25, -0.2) is 0 Å². The van der Waals surface area contributed by atoms with Crippen LogP contribution in [-0.2, 0) is 23.2 Å². The van der Waals surface area contributed by atoms with Crippen LogP contribution in [0.2, 0.25) is 36.3 Å². The summed E-state index contributed by atoms with van der Waals surface area (Å²) in [5.74, 6) is -0.796. The van der Waals surface area contributed by atoms with E-state index >= 15 is 0 Å². The normalized spacial score (nSPS) is 25.4. The van der Waals surface area contributed by atoms with E-state index in [-0.39, 0.29) is 58.0 Å². The summed E-state index contributed by atoms with van der Waals surface area (Å²) in [5.41, 5.74) is 0.255. The number of carbonyl (C=O) groups excluding carboxylic acids is 1. The summed E-state index contributed by atoms with van der Waals surface area (Å²) in [4.78, 5) is 23.2. The Kier molecular flexibility index (Phi) is 13.8. The number of carboxylic acids is 1. The monoisotopic (exact) mass is 650 g/mol. The van der Waals surface area contributed by atoms with Gasteiger partial charge in [0.2, 0.25) is 0 Å². The molecule has 2 aliphatic carbocycles. The maximum Gasteiger partial charge on any atom is 0.303 e. The molecule has 6 nitrogen and oxygen atoms in total. The van der Waals surface area contributed by atoms with Gasteiger partial charge in [-0.05, 0) is 86.6 Å². The lowest BCUT2D eigenvalue weighted by molar-refractivity contribution is -0.148. The van der Waals surface area contributed by atoms with Crippen molar-refractivity contribution in [3.8, 4) is 0 Å². The van der Waals surface area contributed by atoms with Crippen LogP contribution >= 0.6 is 0 Å². The van der Waals surface area contributed by atoms with E-state index in [0.717, 1.165) is 25.7 Å². The molecule has 1 unspecified atom stereocenters. The van der Waals surface area contributed by atoms with Gasteiger partial charge in [0.05, 0.1) is 12.2 Å². The molecule has 0 radical (unpaired) electrons. The Balaban J connectivity index is 2.40. The van der Waals surface area contributed by atoms with Crippen LogP contribution in [0.1, 0.15) is 120 Å². The number of esters is 1. The smallest absolute Gasteiger partial charge is 0.303 e. The van der Waals surface area contributed by atoms with Crippen LogP contribution in [0.15, 0.2) is 24.3 Å². The lowest BCUT2D eigenvalue weighted by atomic mass is 9.63. The van der Waals surface area contributed by atoms with E-state index in [1.807, 2.05) is 0 Å². The van der Waals surface area contributed by atoms with Crippen LogP contribution in [0.4, 0.5) is 0 Å². The van der Waals surface area contributed by atoms with Crippen LogP contribution in [-0.4, -0.2) is 52.0 Å². The number of carboxylic acid groups (broad SMARTS) is 1. The van der Waals surface area contributed by atoms with Crippen LogP contribution in [0.25, 0.3) is 0 Å². The summed E-state index contributed by atoms with van der Waals surface area (Å²) in [6.45, 7) is 26.9. The molecule has 0 aromatic rings. The Morgan fingerprint density at radius 3 is 2.05 bits per heavy atom. The number of allylic oxidation sites excluding steroid dienone is 2. The minimum Gasteiger partial charge on any atom is -0.481 e. The second-order valence-corrected chi connectivity index (χ2v) is 26.1. The van der Waals surface area contributed by atoms with Crippen molar-refractivity contribution in [3.63, 3.8) is 0 Å². The molecule has 2 fully saturated rings. The molecular weight excluding hydrogens is 585 g/mol. The largest absolute Gasteiger partial charge is 0.481 e. The molecule has 0 aromatic carbocycles. The van der Waals surface area contributed by atoms with Gasteiger partial charge in [-0.15, -0.1) is 0 Å². The summed E-state index contributed by atoms with van der Waals surface area (Å²) >= 11 is 0. The van der Waals surface area contributed by atoms with Crippen molar-refractivity contribution in [2.24, 2.45) is 17.3 Å². The van der Waals surface area contributed by atoms with Crippen molar-refractivity contribution in [3.05, 3.63) is 24.3 Å². The summed E-state index contributed by atoms with van der Waals surface area (Å²) < 4.78 is 20.2. The van der Waals surface area contributed by atoms with Gasteiger partial charge in [-0.2, -0.15) is 0 Å². The number of aliphatic carboxylic acids is 1. The summed E-state index contributed by atoms with van der Waals surface area (Å²) in [5, 5.41) is 9.21. The third-order valence-corrected chi connectivity index (χ3v) is 20.5. The average Bonchev–Trinajstić information content (AvgIpc) is 3.13. The van der Waals surface area contributed by atoms with E-state index in [9.17, 15) is 9.59 Å². The molecule has 0 amide bonds. The fraction of sp³-hybridized carbons (Fsp3) is 0.833. The Morgan fingerprint density at radius 1 is 0.955 bits per heavy atom. The topological polar surface area (TPSA) is 82.1 Å². The molecule has 2 rings (SSSR count). The summed E-state index contributed by atoms with van der Waals surface area (Å²) in [7, 11) is -4.04. The number of carbonyl (C=O) groups is 2. The highest BCUT2D eigenvalue weighted by Crippen LogP contribution is 2.52. The molecule has 254 valence electrons. The highest BCUT2D eigenvalue weighted by Gasteiger charge is 2.50. The molecule has 0 aliphatic heterocycles. The van der Waals surface area contributed by atoms with E-state index in [4.69, 9.17) is 18.7 Å². The van der Waals surface area contributed by atoms with Gasteiger partial charge >= 0.3 is 11.9 Å². The second-order valence-electron chi connectivity index (χ2n) is 16.6.